The number of allylic oxidation sites excluding steroid dienone is 1. The number of piperazine rings is 1. The third-order valence-corrected chi connectivity index (χ3v) is 14.0. The van der Waals surface area contributed by atoms with E-state index in [4.69, 9.17) is 37.8 Å². The molecule has 0 radical (unpaired) electrons. The van der Waals surface area contributed by atoms with Gasteiger partial charge in [0.1, 0.15) is 17.6 Å². The normalized spacial score (nSPS) is 18.5. The number of carbonyl (C=O) groups is 2. The monoisotopic (exact) mass is 974 g/mol. The number of benzene rings is 2. The predicted octanol–water partition coefficient (Wildman–Crippen LogP) is 7.09. The summed E-state index contributed by atoms with van der Waals surface area (Å²) in [7, 11) is 2.23. The molecule has 2 amide bonds. The van der Waals surface area contributed by atoms with E-state index in [9.17, 15) is 14.0 Å². The Hall–Kier alpha value is -6.84. The van der Waals surface area contributed by atoms with Crippen molar-refractivity contribution in [1.82, 2.24) is 44.4 Å². The Morgan fingerprint density at radius 3 is 2.30 bits per heavy atom. The largest absolute Gasteiger partial charge is 0.508 e. The lowest BCUT2D eigenvalue weighted by molar-refractivity contribution is -0.129. The van der Waals surface area contributed by atoms with Crippen LogP contribution in [0.25, 0.3) is 5.57 Å². The zero-order valence-corrected chi connectivity index (χ0v) is 41.8. The smallest absolute Gasteiger partial charge is 0.254 e. The van der Waals surface area contributed by atoms with E-state index in [0.29, 0.717) is 37.3 Å². The van der Waals surface area contributed by atoms with Gasteiger partial charge in [-0.2, -0.15) is 10.4 Å². The maximum Gasteiger partial charge on any atom is 0.254 e. The van der Waals surface area contributed by atoms with Gasteiger partial charge in [-0.15, -0.1) is 0 Å². The lowest BCUT2D eigenvalue weighted by Crippen LogP contribution is -2.63. The first kappa shape index (κ1) is 51.0. The molecule has 2 fully saturated rings. The molecule has 1 saturated heterocycles. The van der Waals surface area contributed by atoms with Gasteiger partial charge in [-0.1, -0.05) is 51.4 Å². The van der Waals surface area contributed by atoms with Crippen LogP contribution >= 0.6 is 11.6 Å². The summed E-state index contributed by atoms with van der Waals surface area (Å²) in [5.41, 5.74) is 13.1. The summed E-state index contributed by atoms with van der Waals surface area (Å²) in [6.45, 7) is 16.7. The lowest BCUT2D eigenvalue weighted by Gasteiger charge is -2.57. The summed E-state index contributed by atoms with van der Waals surface area (Å²) < 4.78 is 14.1. The second-order valence-electron chi connectivity index (χ2n) is 19.5. The summed E-state index contributed by atoms with van der Waals surface area (Å²) in [6, 6.07) is 14.5. The Labute approximate surface area is 414 Å². The molecule has 1 unspecified atom stereocenters. The maximum absolute atomic E-state index is 13.1. The van der Waals surface area contributed by atoms with E-state index in [1.807, 2.05) is 41.4 Å². The average molecular weight is 976 g/mol. The summed E-state index contributed by atoms with van der Waals surface area (Å²) in [4.78, 5) is 50.3. The predicted molar refractivity (Wildman–Crippen MR) is 271 cm³/mol. The number of rotatable bonds is 10. The minimum atomic E-state index is -0.112. The number of halogens is 2. The Morgan fingerprint density at radius 2 is 1.69 bits per heavy atom. The van der Waals surface area contributed by atoms with Crippen LogP contribution in [0.15, 0.2) is 72.2 Å². The van der Waals surface area contributed by atoms with E-state index < -0.39 is 0 Å². The molecule has 1 atom stereocenters. The van der Waals surface area contributed by atoms with Crippen LogP contribution in [0.1, 0.15) is 97.8 Å². The van der Waals surface area contributed by atoms with Gasteiger partial charge in [0.25, 0.3) is 5.91 Å². The summed E-state index contributed by atoms with van der Waals surface area (Å²) >= 11 is 5.55. The molecule has 370 valence electrons. The van der Waals surface area contributed by atoms with Gasteiger partial charge >= 0.3 is 0 Å². The SMILES string of the molecule is CF.CN=C/C(=C\N)c1ccc(Nc2nn(C3CCn4c(cnc4CN4CCN(c5ncc(C(=O)NC6C(C)(C)CC6(C)C)cn5)CC4)C3)c3c2CN(C(C)=O)CC3)cc1.N#Cc1ccc(O)cc1Cl. The molecule has 0 spiro atoms. The van der Waals surface area contributed by atoms with Crippen LogP contribution in [0.4, 0.5) is 21.8 Å². The second kappa shape index (κ2) is 21.8. The summed E-state index contributed by atoms with van der Waals surface area (Å²) in [5.74, 6) is 2.58. The molecule has 3 aliphatic heterocycles. The van der Waals surface area contributed by atoms with Gasteiger partial charge < -0.3 is 35.8 Å². The molecule has 5 N–H and O–H groups in total. The molecular formula is C51H64ClFN14O3. The van der Waals surface area contributed by atoms with Crippen LogP contribution in [0.3, 0.4) is 0 Å². The number of aromatic hydroxyl groups is 1. The molecule has 4 aliphatic rings. The number of nitrogens with one attached hydrogen (secondary N) is 2. The van der Waals surface area contributed by atoms with Crippen molar-refractivity contribution in [2.75, 3.05) is 57.2 Å². The molecule has 9 rings (SSSR count). The van der Waals surface area contributed by atoms with Crippen LogP contribution in [-0.4, -0.2) is 115 Å². The number of nitrogens with two attached hydrogens (primary N) is 1. The van der Waals surface area contributed by atoms with Crippen LogP contribution in [0.5, 0.6) is 5.75 Å². The van der Waals surface area contributed by atoms with Crippen molar-refractivity contribution < 1.29 is 19.1 Å². The van der Waals surface area contributed by atoms with Gasteiger partial charge in [-0.3, -0.25) is 28.6 Å². The first-order valence-corrected chi connectivity index (χ1v) is 23.9. The highest BCUT2D eigenvalue weighted by Gasteiger charge is 2.53. The molecule has 3 aromatic heterocycles. The number of imidazole rings is 1. The van der Waals surface area contributed by atoms with Gasteiger partial charge in [0.05, 0.1) is 42.5 Å². The Bertz CT molecular complexity index is 2740. The fourth-order valence-corrected chi connectivity index (χ4v) is 10.8. The minimum Gasteiger partial charge on any atom is -0.508 e. The topological polar surface area (TPSA) is 212 Å². The van der Waals surface area contributed by atoms with Crippen molar-refractivity contribution >= 4 is 52.7 Å². The standard InChI is InChI=1S/C43H57N13O2.C7H4ClNO.CH3F/c1-28(57)54-13-12-36-35(25-54)38(49-32-9-7-29(8-10-32)30(20-44)21-45-6)51-56(36)33-11-14-55-34(19-33)24-46-37(55)26-52-15-17-53(18-16-52)41-47-22-31(23-48-41)39(58)50-40-42(2,3)27-43(40,4)5;8-7-3-6(10)2-1-5(7)4-9;1-2/h7-10,20-24,33,40H,11-19,25-27,44H2,1-6H3,(H,49,51)(H,50,58);1-3,10H;1H3/b30-20+,45-21?;;. The number of phenolic OH excluding ortho intramolecular Hbond substituents is 1. The molecule has 1 aliphatic carbocycles. The Morgan fingerprint density at radius 1 is 0.986 bits per heavy atom. The second-order valence-corrected chi connectivity index (χ2v) is 19.9. The van der Waals surface area contributed by atoms with Crippen molar-refractivity contribution in [3.8, 4) is 11.8 Å². The molecular weight excluding hydrogens is 911 g/mol. The highest BCUT2D eigenvalue weighted by atomic mass is 35.5. The van der Waals surface area contributed by atoms with Gasteiger partial charge in [0.15, 0.2) is 5.82 Å². The highest BCUT2D eigenvalue weighted by Crippen LogP contribution is 2.53. The number of anilines is 3. The summed E-state index contributed by atoms with van der Waals surface area (Å²) in [6.07, 6.45) is 12.3. The minimum absolute atomic E-state index is 0.0728. The third kappa shape index (κ3) is 11.3. The van der Waals surface area contributed by atoms with Gasteiger partial charge in [0, 0.05) is 131 Å². The van der Waals surface area contributed by atoms with Gasteiger partial charge in [0.2, 0.25) is 11.9 Å². The zero-order valence-electron chi connectivity index (χ0n) is 41.1. The van der Waals surface area contributed by atoms with E-state index >= 15 is 0 Å². The quantitative estimate of drug-likeness (QED) is 0.103. The number of hydrogen-bond donors (Lipinski definition) is 4. The van der Waals surface area contributed by atoms with E-state index in [2.05, 4.69) is 72.3 Å². The number of phenols is 1. The number of nitrogens with zero attached hydrogens (tertiary/aromatic N) is 11. The number of fused-ring (bicyclic) bond motifs is 2. The fourth-order valence-electron chi connectivity index (χ4n) is 10.6. The molecule has 1 saturated carbocycles. The number of aliphatic imine (C=N–C) groups is 1. The van der Waals surface area contributed by atoms with Crippen molar-refractivity contribution in [3.63, 3.8) is 0 Å². The van der Waals surface area contributed by atoms with E-state index in [1.165, 1.54) is 29.6 Å². The van der Waals surface area contributed by atoms with Crippen molar-refractivity contribution in [2.24, 2.45) is 21.6 Å². The van der Waals surface area contributed by atoms with Gasteiger partial charge in [-0.05, 0) is 59.6 Å². The average Bonchev–Trinajstić information content (AvgIpc) is 3.93. The van der Waals surface area contributed by atoms with E-state index in [1.54, 1.807) is 38.8 Å². The first-order valence-electron chi connectivity index (χ1n) is 23.5. The fraction of sp³-hybridized carbons (Fsp3) is 0.451. The van der Waals surface area contributed by atoms with Crippen LogP contribution in [-0.2, 0) is 37.3 Å². The number of amides is 2. The molecule has 0 bridgehead atoms. The van der Waals surface area contributed by atoms with Crippen LogP contribution < -0.4 is 21.3 Å². The Kier molecular flexibility index (Phi) is 15.9. The summed E-state index contributed by atoms with van der Waals surface area (Å²) in [5, 5.41) is 29.5. The number of nitriles is 1. The molecule has 5 aromatic rings. The van der Waals surface area contributed by atoms with Gasteiger partial charge in [-0.25, -0.2) is 15.0 Å². The lowest BCUT2D eigenvalue weighted by atomic mass is 9.52. The molecule has 70 heavy (non-hydrogen) atoms. The van der Waals surface area contributed by atoms with Crippen LogP contribution in [0.2, 0.25) is 5.02 Å². The molecule has 17 nitrogen and oxygen atoms in total. The van der Waals surface area contributed by atoms with Crippen molar-refractivity contribution in [3.05, 3.63) is 112 Å². The van der Waals surface area contributed by atoms with Crippen molar-refractivity contribution in [2.45, 2.75) is 92.0 Å². The van der Waals surface area contributed by atoms with Crippen LogP contribution in [0, 0.1) is 22.2 Å². The highest BCUT2D eigenvalue weighted by molar-refractivity contribution is 6.31. The maximum atomic E-state index is 13.1. The number of alkyl halides is 1. The zero-order chi connectivity index (χ0) is 50.3. The Balaban J connectivity index is 0.000000532. The molecule has 6 heterocycles. The molecule has 2 aromatic carbocycles. The number of aromatic nitrogens is 6. The number of hydrogen-bond acceptors (Lipinski definition) is 13. The van der Waals surface area contributed by atoms with E-state index in [-0.39, 0.29) is 45.5 Å². The van der Waals surface area contributed by atoms with E-state index in [0.717, 1.165) is 99.0 Å². The van der Waals surface area contributed by atoms with Crippen molar-refractivity contribution in [1.29, 1.82) is 5.26 Å². The first-order chi connectivity index (χ1) is 33.6. The third-order valence-electron chi connectivity index (χ3n) is 13.7. The molecule has 19 heteroatoms. The number of carbonyl (C=O) groups excluding carboxylic acids is 2.